The number of phenolic OH excluding ortho intramolecular Hbond substituents is 1. The van der Waals surface area contributed by atoms with E-state index in [2.05, 4.69) is 23.6 Å². The Morgan fingerprint density at radius 1 is 1.22 bits per heavy atom. The molecule has 0 radical (unpaired) electrons. The number of hydrogen-bond acceptors (Lipinski definition) is 4. The maximum atomic E-state index is 12.3. The van der Waals surface area contributed by atoms with Crippen molar-refractivity contribution in [2.45, 2.75) is 19.1 Å². The smallest absolute Gasteiger partial charge is 0.251 e. The second-order valence-corrected chi connectivity index (χ2v) is 6.59. The zero-order chi connectivity index (χ0) is 18.6. The molecule has 1 aliphatic rings. The zero-order valence-electron chi connectivity index (χ0n) is 14.8. The quantitative estimate of drug-likeness (QED) is 0.731. The second kappa shape index (κ2) is 7.63. The number of phenols is 1. The summed E-state index contributed by atoms with van der Waals surface area (Å²) in [6, 6.07) is 16.5. The third-order valence-electron chi connectivity index (χ3n) is 4.61. The van der Waals surface area contributed by atoms with Crippen molar-refractivity contribution in [3.05, 3.63) is 83.2 Å². The monoisotopic (exact) mass is 363 g/mol. The molecule has 2 heterocycles. The van der Waals surface area contributed by atoms with Gasteiger partial charge in [0.1, 0.15) is 11.9 Å². The van der Waals surface area contributed by atoms with Crippen molar-refractivity contribution in [2.75, 3.05) is 13.2 Å². The summed E-state index contributed by atoms with van der Waals surface area (Å²) in [6.07, 6.45) is 2.61. The van der Waals surface area contributed by atoms with Crippen LogP contribution in [-0.4, -0.2) is 33.9 Å². The largest absolute Gasteiger partial charge is 0.508 e. The van der Waals surface area contributed by atoms with Crippen molar-refractivity contribution >= 4 is 5.91 Å². The first-order valence-electron chi connectivity index (χ1n) is 8.98. The minimum atomic E-state index is -0.271. The number of benzene rings is 2. The van der Waals surface area contributed by atoms with Gasteiger partial charge in [0, 0.05) is 18.3 Å². The lowest BCUT2D eigenvalue weighted by atomic mass is 10.1. The van der Waals surface area contributed by atoms with Crippen LogP contribution in [-0.2, 0) is 17.7 Å². The molecule has 1 amide bonds. The van der Waals surface area contributed by atoms with Crippen molar-refractivity contribution in [3.8, 4) is 5.75 Å². The lowest BCUT2D eigenvalue weighted by molar-refractivity contribution is 0.0383. The number of nitrogens with zero attached hydrogens (tertiary/aromatic N) is 2. The molecule has 0 saturated carbocycles. The fourth-order valence-corrected chi connectivity index (χ4v) is 3.27. The van der Waals surface area contributed by atoms with E-state index in [1.807, 2.05) is 22.9 Å². The number of rotatable bonds is 5. The van der Waals surface area contributed by atoms with Crippen LogP contribution in [0.4, 0.5) is 0 Å². The Balaban J connectivity index is 1.44. The highest BCUT2D eigenvalue weighted by Crippen LogP contribution is 2.25. The first-order valence-corrected chi connectivity index (χ1v) is 8.98. The predicted molar refractivity (Wildman–Crippen MR) is 101 cm³/mol. The van der Waals surface area contributed by atoms with E-state index >= 15 is 0 Å². The Labute approximate surface area is 157 Å². The third-order valence-corrected chi connectivity index (χ3v) is 4.61. The first kappa shape index (κ1) is 17.3. The van der Waals surface area contributed by atoms with E-state index in [-0.39, 0.29) is 17.8 Å². The van der Waals surface area contributed by atoms with Crippen molar-refractivity contribution < 1.29 is 14.6 Å². The number of ether oxygens (including phenoxy) is 1. The molecule has 0 saturated heterocycles. The summed E-state index contributed by atoms with van der Waals surface area (Å²) in [5.41, 5.74) is 3.65. The Kier molecular flexibility index (Phi) is 4.89. The fraction of sp³-hybridized carbons (Fsp3) is 0.238. The van der Waals surface area contributed by atoms with Crippen LogP contribution in [0, 0.1) is 0 Å². The molecule has 6 heteroatoms. The molecule has 3 aromatic rings. The van der Waals surface area contributed by atoms with Crippen LogP contribution in [0.5, 0.6) is 5.75 Å². The molecule has 0 spiro atoms. The summed E-state index contributed by atoms with van der Waals surface area (Å²) in [6.45, 7) is 1.65. The molecular formula is C21H21N3O3. The van der Waals surface area contributed by atoms with Gasteiger partial charge in [0.05, 0.1) is 18.8 Å². The number of hydrogen-bond donors (Lipinski definition) is 2. The van der Waals surface area contributed by atoms with Crippen LogP contribution in [0.25, 0.3) is 0 Å². The molecule has 27 heavy (non-hydrogen) atoms. The van der Waals surface area contributed by atoms with Crippen LogP contribution < -0.4 is 5.32 Å². The number of carbonyl (C=O) groups excluding carboxylic acids is 1. The molecule has 0 fully saturated rings. The second-order valence-electron chi connectivity index (χ2n) is 6.59. The molecule has 0 bridgehead atoms. The van der Waals surface area contributed by atoms with Crippen LogP contribution in [0.2, 0.25) is 0 Å². The first-order chi connectivity index (χ1) is 13.2. The molecule has 0 aliphatic carbocycles. The Morgan fingerprint density at radius 2 is 2.07 bits per heavy atom. The lowest BCUT2D eigenvalue weighted by Crippen LogP contribution is -2.31. The van der Waals surface area contributed by atoms with Crippen LogP contribution >= 0.6 is 0 Å². The number of nitrogens with one attached hydrogen (secondary N) is 1. The molecular weight excluding hydrogens is 342 g/mol. The van der Waals surface area contributed by atoms with Crippen LogP contribution in [0.1, 0.15) is 33.3 Å². The molecule has 2 N–H and O–H groups in total. The number of carbonyl (C=O) groups is 1. The van der Waals surface area contributed by atoms with E-state index in [0.29, 0.717) is 25.3 Å². The van der Waals surface area contributed by atoms with Gasteiger partial charge in [-0.05, 0) is 35.7 Å². The van der Waals surface area contributed by atoms with Gasteiger partial charge in [0.2, 0.25) is 0 Å². The lowest BCUT2D eigenvalue weighted by Gasteiger charge is -2.22. The molecule has 1 aromatic heterocycles. The summed E-state index contributed by atoms with van der Waals surface area (Å²) < 4.78 is 7.77. The SMILES string of the molecule is O=C(NC[C@@H]1OCCc2cn(Cc3ccccc3)nc21)c1cccc(O)c1. The predicted octanol–water partition coefficient (Wildman–Crippen LogP) is 2.68. The van der Waals surface area contributed by atoms with Gasteiger partial charge in [-0.1, -0.05) is 36.4 Å². The molecule has 1 aliphatic heterocycles. The maximum Gasteiger partial charge on any atom is 0.251 e. The average Bonchev–Trinajstić information content (AvgIpc) is 3.10. The Hall–Kier alpha value is -3.12. The number of aromatic hydroxyl groups is 1. The molecule has 1 atom stereocenters. The zero-order valence-corrected chi connectivity index (χ0v) is 14.8. The Bertz CT molecular complexity index is 937. The van der Waals surface area contributed by atoms with Gasteiger partial charge in [0.25, 0.3) is 5.91 Å². The van der Waals surface area contributed by atoms with Crippen molar-refractivity contribution in [1.29, 1.82) is 0 Å². The van der Waals surface area contributed by atoms with Crippen molar-refractivity contribution in [2.24, 2.45) is 0 Å². The third kappa shape index (κ3) is 4.01. The maximum absolute atomic E-state index is 12.3. The average molecular weight is 363 g/mol. The van der Waals surface area contributed by atoms with Gasteiger partial charge in [-0.3, -0.25) is 9.48 Å². The minimum Gasteiger partial charge on any atom is -0.508 e. The molecule has 4 rings (SSSR count). The minimum absolute atomic E-state index is 0.0681. The van der Waals surface area contributed by atoms with Crippen LogP contribution in [0.3, 0.4) is 0 Å². The topological polar surface area (TPSA) is 76.4 Å². The Morgan fingerprint density at radius 3 is 2.89 bits per heavy atom. The van der Waals surface area contributed by atoms with E-state index in [1.165, 1.54) is 17.7 Å². The van der Waals surface area contributed by atoms with E-state index in [0.717, 1.165) is 17.7 Å². The molecule has 0 unspecified atom stereocenters. The molecule has 138 valence electrons. The van der Waals surface area contributed by atoms with E-state index in [1.54, 1.807) is 12.1 Å². The number of amides is 1. The summed E-state index contributed by atoms with van der Waals surface area (Å²) in [4.78, 5) is 12.3. The molecule has 6 nitrogen and oxygen atoms in total. The normalized spacial score (nSPS) is 15.9. The van der Waals surface area contributed by atoms with E-state index in [4.69, 9.17) is 9.84 Å². The standard InChI is InChI=1S/C21H21N3O3/c25-18-8-4-7-16(11-18)21(26)22-12-19-20-17(9-10-27-19)14-24(23-20)13-15-5-2-1-3-6-15/h1-8,11,14,19,25H,9-10,12-13H2,(H,22,26)/t19-/m0/s1. The summed E-state index contributed by atoms with van der Waals surface area (Å²) >= 11 is 0. The summed E-state index contributed by atoms with van der Waals surface area (Å²) in [7, 11) is 0. The van der Waals surface area contributed by atoms with Gasteiger partial charge in [-0.15, -0.1) is 0 Å². The highest BCUT2D eigenvalue weighted by Gasteiger charge is 2.25. The fourth-order valence-electron chi connectivity index (χ4n) is 3.27. The molecule has 2 aromatic carbocycles. The summed E-state index contributed by atoms with van der Waals surface area (Å²) in [5.74, 6) is -0.177. The van der Waals surface area contributed by atoms with Gasteiger partial charge in [-0.2, -0.15) is 5.10 Å². The van der Waals surface area contributed by atoms with E-state index < -0.39 is 0 Å². The number of fused-ring (bicyclic) bond motifs is 1. The number of aromatic nitrogens is 2. The van der Waals surface area contributed by atoms with Gasteiger partial charge < -0.3 is 15.2 Å². The highest BCUT2D eigenvalue weighted by atomic mass is 16.5. The van der Waals surface area contributed by atoms with E-state index in [9.17, 15) is 9.90 Å². The van der Waals surface area contributed by atoms with Crippen molar-refractivity contribution in [3.63, 3.8) is 0 Å². The van der Waals surface area contributed by atoms with Crippen LogP contribution in [0.15, 0.2) is 60.8 Å². The summed E-state index contributed by atoms with van der Waals surface area (Å²) in [5, 5.41) is 17.1. The highest BCUT2D eigenvalue weighted by molar-refractivity contribution is 5.94. The van der Waals surface area contributed by atoms with Gasteiger partial charge in [0.15, 0.2) is 0 Å². The van der Waals surface area contributed by atoms with Gasteiger partial charge >= 0.3 is 0 Å². The van der Waals surface area contributed by atoms with Crippen molar-refractivity contribution in [1.82, 2.24) is 15.1 Å². The van der Waals surface area contributed by atoms with Gasteiger partial charge in [-0.25, -0.2) is 0 Å².